The topological polar surface area (TPSA) is 81.3 Å². The number of benzene rings is 1. The van der Waals surface area contributed by atoms with Gasteiger partial charge in [-0.3, -0.25) is 18.6 Å². The highest BCUT2D eigenvalue weighted by Gasteiger charge is 2.09. The molecule has 4 rings (SSSR count). The van der Waals surface area contributed by atoms with Gasteiger partial charge in [-0.15, -0.1) is 11.3 Å². The van der Waals surface area contributed by atoms with E-state index in [2.05, 4.69) is 15.3 Å². The number of para-hydroxylation sites is 1. The van der Waals surface area contributed by atoms with E-state index in [9.17, 15) is 9.59 Å². The van der Waals surface area contributed by atoms with E-state index >= 15 is 0 Å². The molecule has 3 heterocycles. The lowest BCUT2D eigenvalue weighted by Gasteiger charge is -2.08. The van der Waals surface area contributed by atoms with E-state index < -0.39 is 0 Å². The van der Waals surface area contributed by atoms with Crippen LogP contribution in [-0.4, -0.2) is 24.8 Å². The Hall–Kier alpha value is -3.00. The number of nitrogens with one attached hydrogen (secondary N) is 1. The van der Waals surface area contributed by atoms with Crippen LogP contribution >= 0.6 is 11.3 Å². The van der Waals surface area contributed by atoms with Crippen molar-refractivity contribution in [1.29, 1.82) is 0 Å². The van der Waals surface area contributed by atoms with Crippen molar-refractivity contribution >= 4 is 33.1 Å². The van der Waals surface area contributed by atoms with Gasteiger partial charge in [-0.25, -0.2) is 9.97 Å². The molecule has 0 unspecified atom stereocenters. The molecule has 26 heavy (non-hydrogen) atoms. The Morgan fingerprint density at radius 2 is 2.23 bits per heavy atom. The van der Waals surface area contributed by atoms with Gasteiger partial charge >= 0.3 is 0 Å². The molecule has 1 N–H and O–H groups in total. The summed E-state index contributed by atoms with van der Waals surface area (Å²) < 4.78 is 3.41. The van der Waals surface area contributed by atoms with E-state index in [1.165, 1.54) is 10.9 Å². The number of hydrogen-bond acceptors (Lipinski definition) is 5. The average molecular weight is 367 g/mol. The highest BCUT2D eigenvalue weighted by molar-refractivity contribution is 7.15. The van der Waals surface area contributed by atoms with E-state index in [-0.39, 0.29) is 17.9 Å². The maximum atomic E-state index is 12.5. The van der Waals surface area contributed by atoms with Crippen molar-refractivity contribution < 1.29 is 4.79 Å². The molecule has 0 atom stereocenters. The number of fused-ring (bicyclic) bond motifs is 2. The van der Waals surface area contributed by atoms with Gasteiger partial charge in [-0.05, 0) is 18.6 Å². The van der Waals surface area contributed by atoms with Crippen LogP contribution in [0.1, 0.15) is 17.7 Å². The number of imidazole rings is 1. The smallest absolute Gasteiger partial charge is 0.261 e. The molecule has 4 aromatic rings. The van der Waals surface area contributed by atoms with Crippen LogP contribution in [0.3, 0.4) is 0 Å². The molecule has 132 valence electrons. The van der Waals surface area contributed by atoms with E-state index in [4.69, 9.17) is 0 Å². The SMILES string of the molecule is Cc1cccc2c(=O)n(CCC(=O)NCc3cn4ccsc4n3)cnc12. The second-order valence-corrected chi connectivity index (χ2v) is 6.94. The lowest BCUT2D eigenvalue weighted by atomic mass is 10.1. The summed E-state index contributed by atoms with van der Waals surface area (Å²) in [4.78, 5) is 34.3. The minimum absolute atomic E-state index is 0.124. The fourth-order valence-corrected chi connectivity index (χ4v) is 3.58. The number of nitrogens with zero attached hydrogens (tertiary/aromatic N) is 4. The number of carbonyl (C=O) groups excluding carboxylic acids is 1. The van der Waals surface area contributed by atoms with E-state index in [0.717, 1.165) is 16.2 Å². The second-order valence-electron chi connectivity index (χ2n) is 6.07. The van der Waals surface area contributed by atoms with E-state index in [1.54, 1.807) is 17.4 Å². The average Bonchev–Trinajstić information content (AvgIpc) is 3.21. The molecule has 1 aromatic carbocycles. The highest BCUT2D eigenvalue weighted by Crippen LogP contribution is 2.12. The molecular weight excluding hydrogens is 350 g/mol. The van der Waals surface area contributed by atoms with E-state index in [1.807, 2.05) is 41.2 Å². The van der Waals surface area contributed by atoms with Crippen LogP contribution in [0.4, 0.5) is 0 Å². The standard InChI is InChI=1S/C18H17N5O2S/c1-12-3-2-4-14-16(12)20-11-23(17(14)25)6-5-15(24)19-9-13-10-22-7-8-26-18(22)21-13/h2-4,7-8,10-11H,5-6,9H2,1H3,(H,19,24). The maximum absolute atomic E-state index is 12.5. The molecule has 0 aliphatic rings. The number of amides is 1. The van der Waals surface area contributed by atoms with Gasteiger partial charge in [-0.2, -0.15) is 0 Å². The molecule has 7 nitrogen and oxygen atoms in total. The summed E-state index contributed by atoms with van der Waals surface area (Å²) in [6.07, 6.45) is 5.54. The zero-order valence-corrected chi connectivity index (χ0v) is 15.0. The van der Waals surface area contributed by atoms with Crippen molar-refractivity contribution in [2.75, 3.05) is 0 Å². The van der Waals surface area contributed by atoms with Crippen LogP contribution in [0.15, 0.2) is 47.1 Å². The third-order valence-corrected chi connectivity index (χ3v) is 5.02. The molecule has 3 aromatic heterocycles. The molecule has 0 spiro atoms. The minimum atomic E-state index is -0.127. The van der Waals surface area contributed by atoms with E-state index in [0.29, 0.717) is 24.0 Å². The first kappa shape index (κ1) is 16.5. The Morgan fingerprint density at radius 3 is 3.08 bits per heavy atom. The minimum Gasteiger partial charge on any atom is -0.350 e. The van der Waals surface area contributed by atoms with Crippen LogP contribution < -0.4 is 10.9 Å². The quantitative estimate of drug-likeness (QED) is 0.586. The first-order valence-corrected chi connectivity index (χ1v) is 9.12. The number of aromatic nitrogens is 4. The lowest BCUT2D eigenvalue weighted by molar-refractivity contribution is -0.121. The van der Waals surface area contributed by atoms with Crippen molar-refractivity contribution in [1.82, 2.24) is 24.3 Å². The fraction of sp³-hybridized carbons (Fsp3) is 0.222. The largest absolute Gasteiger partial charge is 0.350 e. The summed E-state index contributed by atoms with van der Waals surface area (Å²) in [5, 5.41) is 5.37. The molecule has 8 heteroatoms. The number of rotatable bonds is 5. The van der Waals surface area contributed by atoms with Crippen LogP contribution in [-0.2, 0) is 17.9 Å². The van der Waals surface area contributed by atoms with Crippen molar-refractivity contribution in [3.8, 4) is 0 Å². The predicted octanol–water partition coefficient (Wildman–Crippen LogP) is 2.12. The molecule has 0 bridgehead atoms. The summed E-state index contributed by atoms with van der Waals surface area (Å²) in [6.45, 7) is 2.59. The van der Waals surface area contributed by atoms with Crippen molar-refractivity contribution in [3.05, 3.63) is 63.9 Å². The van der Waals surface area contributed by atoms with Crippen LogP contribution in [0.2, 0.25) is 0 Å². The first-order valence-electron chi connectivity index (χ1n) is 8.24. The Morgan fingerprint density at radius 1 is 1.35 bits per heavy atom. The monoisotopic (exact) mass is 367 g/mol. The van der Waals surface area contributed by atoms with Gasteiger partial charge in [0.25, 0.3) is 5.56 Å². The van der Waals surface area contributed by atoms with Gasteiger partial charge in [0.1, 0.15) is 0 Å². The van der Waals surface area contributed by atoms with Gasteiger partial charge in [0.15, 0.2) is 4.96 Å². The first-order chi connectivity index (χ1) is 12.6. The number of hydrogen-bond donors (Lipinski definition) is 1. The zero-order chi connectivity index (χ0) is 18.1. The molecule has 0 saturated heterocycles. The molecular formula is C18H17N5O2S. The Bertz CT molecular complexity index is 1130. The van der Waals surface area contributed by atoms with Crippen molar-refractivity contribution in [2.45, 2.75) is 26.4 Å². The molecule has 0 saturated carbocycles. The fourth-order valence-electron chi connectivity index (χ4n) is 2.86. The molecule has 0 aliphatic carbocycles. The van der Waals surface area contributed by atoms with Crippen LogP contribution in [0.25, 0.3) is 15.9 Å². The third kappa shape index (κ3) is 3.11. The summed E-state index contributed by atoms with van der Waals surface area (Å²) in [7, 11) is 0. The summed E-state index contributed by atoms with van der Waals surface area (Å²) >= 11 is 1.55. The second kappa shape index (κ2) is 6.72. The van der Waals surface area contributed by atoms with Crippen LogP contribution in [0.5, 0.6) is 0 Å². The van der Waals surface area contributed by atoms with Gasteiger partial charge in [-0.1, -0.05) is 12.1 Å². The number of aryl methyl sites for hydroxylation is 2. The summed E-state index contributed by atoms with van der Waals surface area (Å²) in [5.41, 5.74) is 2.36. The zero-order valence-electron chi connectivity index (χ0n) is 14.2. The number of carbonyl (C=O) groups is 1. The molecule has 1 amide bonds. The normalized spacial score (nSPS) is 11.3. The van der Waals surface area contributed by atoms with Crippen molar-refractivity contribution in [2.24, 2.45) is 0 Å². The Labute approximate surface area is 152 Å². The van der Waals surface area contributed by atoms with Crippen molar-refractivity contribution in [3.63, 3.8) is 0 Å². The van der Waals surface area contributed by atoms with Gasteiger partial charge < -0.3 is 5.32 Å². The molecule has 0 fully saturated rings. The molecule has 0 radical (unpaired) electrons. The third-order valence-electron chi connectivity index (χ3n) is 4.24. The maximum Gasteiger partial charge on any atom is 0.261 e. The Balaban J connectivity index is 1.39. The summed E-state index contributed by atoms with van der Waals surface area (Å²) in [5.74, 6) is -0.127. The van der Waals surface area contributed by atoms with Gasteiger partial charge in [0.2, 0.25) is 5.91 Å². The predicted molar refractivity (Wildman–Crippen MR) is 100 cm³/mol. The number of thiazole rings is 1. The van der Waals surface area contributed by atoms with Gasteiger partial charge in [0, 0.05) is 30.7 Å². The summed E-state index contributed by atoms with van der Waals surface area (Å²) in [6, 6.07) is 5.53. The lowest BCUT2D eigenvalue weighted by Crippen LogP contribution is -2.27. The van der Waals surface area contributed by atoms with Crippen LogP contribution in [0, 0.1) is 6.92 Å². The Kier molecular flexibility index (Phi) is 4.26. The molecule has 0 aliphatic heterocycles. The van der Waals surface area contributed by atoms with Gasteiger partial charge in [0.05, 0.1) is 29.5 Å². The highest BCUT2D eigenvalue weighted by atomic mass is 32.1.